The molecule has 2 aliphatic rings. The van der Waals surface area contributed by atoms with Gasteiger partial charge in [-0.1, -0.05) is 48.6 Å². The Kier molecular flexibility index (Phi) is 8.00. The maximum Gasteiger partial charge on any atom is 0.410 e. The van der Waals surface area contributed by atoms with Crippen molar-refractivity contribution >= 4 is 12.0 Å². The number of rotatable bonds is 8. The maximum absolute atomic E-state index is 13.8. The fraction of sp³-hybridized carbons (Fsp3) is 0.438. The Morgan fingerprint density at radius 3 is 2.37 bits per heavy atom. The molecule has 6 nitrogen and oxygen atoms in total. The van der Waals surface area contributed by atoms with Crippen LogP contribution in [0.3, 0.4) is 0 Å². The third kappa shape index (κ3) is 5.64. The van der Waals surface area contributed by atoms with Crippen LogP contribution >= 0.6 is 0 Å². The second kappa shape index (κ2) is 11.1. The predicted octanol–water partition coefficient (Wildman–Crippen LogP) is 6.61. The second-order valence-electron chi connectivity index (χ2n) is 11.4. The van der Waals surface area contributed by atoms with Crippen molar-refractivity contribution in [2.45, 2.75) is 71.2 Å². The summed E-state index contributed by atoms with van der Waals surface area (Å²) in [7, 11) is 0. The minimum absolute atomic E-state index is 0.122. The van der Waals surface area contributed by atoms with E-state index in [1.54, 1.807) is 0 Å². The van der Waals surface area contributed by atoms with Gasteiger partial charge in [0.2, 0.25) is 5.91 Å². The Labute approximate surface area is 226 Å². The lowest BCUT2D eigenvalue weighted by atomic mass is 9.76. The number of amides is 2. The van der Waals surface area contributed by atoms with Crippen LogP contribution in [0.2, 0.25) is 0 Å². The zero-order valence-corrected chi connectivity index (χ0v) is 23.1. The first-order valence-corrected chi connectivity index (χ1v) is 13.4. The number of aryl methyl sites for hydroxylation is 1. The average Bonchev–Trinajstić information content (AvgIpc) is 3.14. The van der Waals surface area contributed by atoms with Crippen LogP contribution in [-0.2, 0) is 16.1 Å². The van der Waals surface area contributed by atoms with Crippen molar-refractivity contribution in [2.24, 2.45) is 5.41 Å². The minimum atomic E-state index is -0.621. The molecule has 0 radical (unpaired) electrons. The van der Waals surface area contributed by atoms with Gasteiger partial charge in [0.15, 0.2) is 0 Å². The van der Waals surface area contributed by atoms with Crippen molar-refractivity contribution in [1.29, 1.82) is 0 Å². The molecular weight excluding hydrogens is 476 g/mol. The smallest absolute Gasteiger partial charge is 0.410 e. The van der Waals surface area contributed by atoms with Crippen LogP contribution in [-0.4, -0.2) is 46.5 Å². The van der Waals surface area contributed by atoms with E-state index in [0.29, 0.717) is 39.0 Å². The zero-order chi connectivity index (χ0) is 27.5. The molecular formula is C32H40N2O4. The molecule has 0 saturated carbocycles. The summed E-state index contributed by atoms with van der Waals surface area (Å²) in [5.74, 6) is 0.887. The van der Waals surface area contributed by atoms with E-state index < -0.39 is 11.0 Å². The summed E-state index contributed by atoms with van der Waals surface area (Å²) in [5.41, 5.74) is 1.90. The van der Waals surface area contributed by atoms with Gasteiger partial charge >= 0.3 is 6.09 Å². The molecule has 4 rings (SSSR count). The van der Waals surface area contributed by atoms with E-state index in [4.69, 9.17) is 9.47 Å². The Hall–Kier alpha value is -3.54. The van der Waals surface area contributed by atoms with Crippen molar-refractivity contribution in [3.63, 3.8) is 0 Å². The van der Waals surface area contributed by atoms with Crippen LogP contribution in [0.25, 0.3) is 0 Å². The third-order valence-corrected chi connectivity index (χ3v) is 7.50. The summed E-state index contributed by atoms with van der Waals surface area (Å²) in [6.45, 7) is 16.9. The quantitative estimate of drug-likeness (QED) is 0.371. The number of benzene rings is 2. The van der Waals surface area contributed by atoms with E-state index in [1.807, 2.05) is 98.2 Å². The van der Waals surface area contributed by atoms with E-state index in [0.717, 1.165) is 22.4 Å². The third-order valence-electron chi connectivity index (χ3n) is 7.50. The van der Waals surface area contributed by atoms with Gasteiger partial charge in [-0.2, -0.15) is 0 Å². The van der Waals surface area contributed by atoms with E-state index in [-0.39, 0.29) is 24.1 Å². The summed E-state index contributed by atoms with van der Waals surface area (Å²) in [5, 5.41) is 0. The van der Waals surface area contributed by atoms with Crippen LogP contribution in [0, 0.1) is 12.3 Å². The van der Waals surface area contributed by atoms with Crippen LogP contribution < -0.4 is 4.74 Å². The average molecular weight is 517 g/mol. The van der Waals surface area contributed by atoms with E-state index in [1.165, 1.54) is 0 Å². The molecule has 2 atom stereocenters. The van der Waals surface area contributed by atoms with Gasteiger partial charge in [0.25, 0.3) is 0 Å². The standard InChI is InChI=1S/C32H40N2O4/c1-7-16-32(17-8-2)21-27-28(34(19-18-33(27)29(32)35)30(36)38-31(4,5)6)26-15-14-25(20-23(26)3)37-22-24-12-10-9-11-13-24/h7-15,20,27-28H,1-2,16-19,21-22H2,3-6H3/t27-,28+/m0/s1. The van der Waals surface area contributed by atoms with Crippen LogP contribution in [0.4, 0.5) is 4.79 Å². The van der Waals surface area contributed by atoms with Crippen LogP contribution in [0.1, 0.15) is 62.8 Å². The molecule has 2 saturated heterocycles. The minimum Gasteiger partial charge on any atom is -0.489 e. The van der Waals surface area contributed by atoms with Crippen molar-refractivity contribution < 1.29 is 19.1 Å². The van der Waals surface area contributed by atoms with Crippen molar-refractivity contribution in [2.75, 3.05) is 13.1 Å². The van der Waals surface area contributed by atoms with Gasteiger partial charge in [0.05, 0.1) is 17.5 Å². The SMILES string of the molecule is C=CCC1(CC=C)C[C@H]2[C@@H](c3ccc(OCc4ccccc4)cc3C)N(C(=O)OC(C)(C)C)CCN2C1=O. The number of hydrogen-bond acceptors (Lipinski definition) is 4. The van der Waals surface area contributed by atoms with Crippen LogP contribution in [0.5, 0.6) is 5.75 Å². The maximum atomic E-state index is 13.8. The predicted molar refractivity (Wildman–Crippen MR) is 150 cm³/mol. The molecule has 2 amide bonds. The number of piperazine rings is 1. The highest BCUT2D eigenvalue weighted by Gasteiger charge is 2.56. The fourth-order valence-electron chi connectivity index (χ4n) is 5.85. The molecule has 0 spiro atoms. The summed E-state index contributed by atoms with van der Waals surface area (Å²) in [6, 6.07) is 15.5. The molecule has 2 aliphatic heterocycles. The number of carbonyl (C=O) groups excluding carboxylic acids is 2. The summed E-state index contributed by atoms with van der Waals surface area (Å²) in [6.07, 6.45) is 5.07. The van der Waals surface area contributed by atoms with Crippen LogP contribution in [0.15, 0.2) is 73.8 Å². The highest BCUT2D eigenvalue weighted by Crippen LogP contribution is 2.49. The molecule has 38 heavy (non-hydrogen) atoms. The summed E-state index contributed by atoms with van der Waals surface area (Å²) in [4.78, 5) is 31.0. The lowest BCUT2D eigenvalue weighted by Crippen LogP contribution is -2.56. The molecule has 6 heteroatoms. The highest BCUT2D eigenvalue weighted by molar-refractivity contribution is 5.86. The van der Waals surface area contributed by atoms with Gasteiger partial charge < -0.3 is 14.4 Å². The number of fused-ring (bicyclic) bond motifs is 1. The number of ether oxygens (including phenoxy) is 2. The molecule has 2 aromatic carbocycles. The fourth-order valence-corrected chi connectivity index (χ4v) is 5.85. The first-order chi connectivity index (χ1) is 18.1. The van der Waals surface area contributed by atoms with Gasteiger partial charge in [0, 0.05) is 13.1 Å². The first kappa shape index (κ1) is 27.5. The normalized spacial score (nSPS) is 20.6. The molecule has 0 bridgehead atoms. The highest BCUT2D eigenvalue weighted by atomic mass is 16.6. The number of hydrogen-bond donors (Lipinski definition) is 0. The van der Waals surface area contributed by atoms with E-state index >= 15 is 0 Å². The van der Waals surface area contributed by atoms with E-state index in [2.05, 4.69) is 13.2 Å². The number of allylic oxidation sites excluding steroid dienone is 2. The molecule has 202 valence electrons. The lowest BCUT2D eigenvalue weighted by molar-refractivity contribution is -0.139. The Morgan fingerprint density at radius 1 is 1.08 bits per heavy atom. The van der Waals surface area contributed by atoms with Gasteiger partial charge in [-0.05, 0) is 75.8 Å². The number of carbonyl (C=O) groups is 2. The second-order valence-corrected chi connectivity index (χ2v) is 11.4. The van der Waals surface area contributed by atoms with Crippen molar-refractivity contribution in [3.8, 4) is 5.75 Å². The van der Waals surface area contributed by atoms with Crippen molar-refractivity contribution in [1.82, 2.24) is 9.80 Å². The van der Waals surface area contributed by atoms with Gasteiger partial charge in [-0.25, -0.2) is 4.79 Å². The zero-order valence-electron chi connectivity index (χ0n) is 23.1. The largest absolute Gasteiger partial charge is 0.489 e. The monoisotopic (exact) mass is 516 g/mol. The summed E-state index contributed by atoms with van der Waals surface area (Å²) < 4.78 is 11.9. The Bertz CT molecular complexity index is 1170. The summed E-state index contributed by atoms with van der Waals surface area (Å²) >= 11 is 0. The molecule has 0 aromatic heterocycles. The lowest BCUT2D eigenvalue weighted by Gasteiger charge is -2.45. The molecule has 2 aromatic rings. The molecule has 0 N–H and O–H groups in total. The van der Waals surface area contributed by atoms with E-state index in [9.17, 15) is 9.59 Å². The first-order valence-electron chi connectivity index (χ1n) is 13.4. The Balaban J connectivity index is 1.68. The van der Waals surface area contributed by atoms with Gasteiger partial charge in [-0.3, -0.25) is 9.69 Å². The van der Waals surface area contributed by atoms with Gasteiger partial charge in [-0.15, -0.1) is 13.2 Å². The molecule has 0 unspecified atom stereocenters. The molecule has 0 aliphatic carbocycles. The molecule has 2 heterocycles. The molecule has 2 fully saturated rings. The number of nitrogens with zero attached hydrogens (tertiary/aromatic N) is 2. The Morgan fingerprint density at radius 2 is 1.76 bits per heavy atom. The van der Waals surface area contributed by atoms with Gasteiger partial charge in [0.1, 0.15) is 18.0 Å². The van der Waals surface area contributed by atoms with Crippen molar-refractivity contribution in [3.05, 3.63) is 90.5 Å². The topological polar surface area (TPSA) is 59.1 Å².